The fourth-order valence-electron chi connectivity index (χ4n) is 2.58. The van der Waals surface area contributed by atoms with Crippen molar-refractivity contribution in [3.05, 3.63) is 29.8 Å². The molecule has 0 amide bonds. The van der Waals surface area contributed by atoms with Crippen molar-refractivity contribution < 1.29 is 4.74 Å². The lowest BCUT2D eigenvalue weighted by Crippen LogP contribution is -2.35. The van der Waals surface area contributed by atoms with Crippen molar-refractivity contribution in [1.82, 2.24) is 5.32 Å². The van der Waals surface area contributed by atoms with Gasteiger partial charge in [0, 0.05) is 0 Å². The molecule has 0 radical (unpaired) electrons. The Morgan fingerprint density at radius 3 is 2.71 bits per heavy atom. The van der Waals surface area contributed by atoms with E-state index in [1.807, 2.05) is 0 Å². The van der Waals surface area contributed by atoms with Gasteiger partial charge in [-0.2, -0.15) is 0 Å². The number of nitrogens with one attached hydrogen (secondary N) is 1. The monoisotopic (exact) mass is 233 g/mol. The minimum atomic E-state index is 0.839. The quantitative estimate of drug-likeness (QED) is 0.863. The molecule has 1 heterocycles. The SMILES string of the molecule is COc1ccc(CCC2CNCCC2C)cc1. The smallest absolute Gasteiger partial charge is 0.118 e. The third kappa shape index (κ3) is 3.47. The van der Waals surface area contributed by atoms with Crippen LogP contribution in [-0.4, -0.2) is 20.2 Å². The average molecular weight is 233 g/mol. The summed E-state index contributed by atoms with van der Waals surface area (Å²) < 4.78 is 5.17. The van der Waals surface area contributed by atoms with E-state index < -0.39 is 0 Å². The van der Waals surface area contributed by atoms with Crippen molar-refractivity contribution >= 4 is 0 Å². The van der Waals surface area contributed by atoms with Gasteiger partial charge in [-0.1, -0.05) is 19.1 Å². The molecular formula is C15H23NO. The van der Waals surface area contributed by atoms with Crippen LogP contribution in [0.15, 0.2) is 24.3 Å². The van der Waals surface area contributed by atoms with Gasteiger partial charge in [-0.15, -0.1) is 0 Å². The molecule has 2 atom stereocenters. The normalized spacial score (nSPS) is 24.6. The number of ether oxygens (including phenoxy) is 1. The van der Waals surface area contributed by atoms with Gasteiger partial charge in [0.2, 0.25) is 0 Å². The Morgan fingerprint density at radius 1 is 1.29 bits per heavy atom. The minimum Gasteiger partial charge on any atom is -0.497 e. The van der Waals surface area contributed by atoms with Gasteiger partial charge in [-0.25, -0.2) is 0 Å². The predicted molar refractivity (Wildman–Crippen MR) is 71.5 cm³/mol. The van der Waals surface area contributed by atoms with E-state index in [1.54, 1.807) is 7.11 Å². The van der Waals surface area contributed by atoms with Crippen LogP contribution in [0.25, 0.3) is 0 Å². The molecule has 0 bridgehead atoms. The third-order valence-corrected chi connectivity index (χ3v) is 3.95. The first-order valence-electron chi connectivity index (χ1n) is 6.63. The summed E-state index contributed by atoms with van der Waals surface area (Å²) in [6.45, 7) is 4.77. The Bertz CT molecular complexity index is 333. The van der Waals surface area contributed by atoms with Gasteiger partial charge >= 0.3 is 0 Å². The van der Waals surface area contributed by atoms with E-state index >= 15 is 0 Å². The summed E-state index contributed by atoms with van der Waals surface area (Å²) in [6.07, 6.45) is 3.80. The Kier molecular flexibility index (Phi) is 4.43. The first-order chi connectivity index (χ1) is 8.29. The van der Waals surface area contributed by atoms with Gasteiger partial charge in [0.15, 0.2) is 0 Å². The highest BCUT2D eigenvalue weighted by molar-refractivity contribution is 5.27. The molecule has 2 rings (SSSR count). The summed E-state index contributed by atoms with van der Waals surface area (Å²) in [5.41, 5.74) is 1.42. The topological polar surface area (TPSA) is 21.3 Å². The van der Waals surface area contributed by atoms with Crippen molar-refractivity contribution in [3.8, 4) is 5.75 Å². The van der Waals surface area contributed by atoms with E-state index in [4.69, 9.17) is 4.74 Å². The van der Waals surface area contributed by atoms with Crippen LogP contribution in [0.5, 0.6) is 5.75 Å². The van der Waals surface area contributed by atoms with Crippen molar-refractivity contribution in [3.63, 3.8) is 0 Å². The first-order valence-corrected chi connectivity index (χ1v) is 6.63. The van der Waals surface area contributed by atoms with Crippen LogP contribution in [-0.2, 0) is 6.42 Å². The van der Waals surface area contributed by atoms with Crippen LogP contribution < -0.4 is 10.1 Å². The number of aryl methyl sites for hydroxylation is 1. The molecule has 0 aliphatic carbocycles. The van der Waals surface area contributed by atoms with Crippen LogP contribution >= 0.6 is 0 Å². The predicted octanol–water partition coefficient (Wildman–Crippen LogP) is 2.87. The zero-order chi connectivity index (χ0) is 12.1. The summed E-state index contributed by atoms with van der Waals surface area (Å²) >= 11 is 0. The van der Waals surface area contributed by atoms with Gasteiger partial charge in [0.1, 0.15) is 5.75 Å². The standard InChI is InChI=1S/C15H23NO/c1-12-9-10-16-11-14(12)6-3-13-4-7-15(17-2)8-5-13/h4-5,7-8,12,14,16H,3,6,9-11H2,1-2H3. The highest BCUT2D eigenvalue weighted by atomic mass is 16.5. The first kappa shape index (κ1) is 12.4. The molecule has 0 saturated carbocycles. The number of benzene rings is 1. The molecule has 1 aromatic rings. The van der Waals surface area contributed by atoms with E-state index in [0.29, 0.717) is 0 Å². The number of hydrogen-bond acceptors (Lipinski definition) is 2. The summed E-state index contributed by atoms with van der Waals surface area (Å²) in [7, 11) is 1.71. The average Bonchev–Trinajstić information content (AvgIpc) is 2.38. The fraction of sp³-hybridized carbons (Fsp3) is 0.600. The minimum absolute atomic E-state index is 0.839. The molecule has 1 N–H and O–H groups in total. The maximum absolute atomic E-state index is 5.17. The van der Waals surface area contributed by atoms with Crippen LogP contribution in [0.3, 0.4) is 0 Å². The molecule has 94 valence electrons. The molecule has 17 heavy (non-hydrogen) atoms. The molecule has 1 saturated heterocycles. The van der Waals surface area contributed by atoms with Crippen LogP contribution in [0.2, 0.25) is 0 Å². The Balaban J connectivity index is 1.84. The molecule has 1 fully saturated rings. The number of hydrogen-bond donors (Lipinski definition) is 1. The van der Waals surface area contributed by atoms with Crippen molar-refractivity contribution in [2.24, 2.45) is 11.8 Å². The van der Waals surface area contributed by atoms with E-state index in [1.165, 1.54) is 37.9 Å². The van der Waals surface area contributed by atoms with Crippen molar-refractivity contribution in [2.75, 3.05) is 20.2 Å². The highest BCUT2D eigenvalue weighted by Crippen LogP contribution is 2.23. The van der Waals surface area contributed by atoms with Gasteiger partial charge < -0.3 is 10.1 Å². The van der Waals surface area contributed by atoms with Gasteiger partial charge in [-0.05, 0) is 61.9 Å². The van der Waals surface area contributed by atoms with Crippen LogP contribution in [0.4, 0.5) is 0 Å². The molecular weight excluding hydrogens is 210 g/mol. The zero-order valence-corrected chi connectivity index (χ0v) is 10.9. The van der Waals surface area contributed by atoms with E-state index in [2.05, 4.69) is 36.5 Å². The molecule has 2 nitrogen and oxygen atoms in total. The van der Waals surface area contributed by atoms with E-state index in [-0.39, 0.29) is 0 Å². The second-order valence-electron chi connectivity index (χ2n) is 5.12. The maximum atomic E-state index is 5.17. The molecule has 2 unspecified atom stereocenters. The second-order valence-corrected chi connectivity index (χ2v) is 5.12. The molecule has 1 aromatic carbocycles. The summed E-state index contributed by atoms with van der Waals surface area (Å²) in [5, 5.41) is 3.50. The fourth-order valence-corrected chi connectivity index (χ4v) is 2.58. The molecule has 2 heteroatoms. The molecule has 1 aliphatic heterocycles. The zero-order valence-electron chi connectivity index (χ0n) is 10.9. The highest BCUT2D eigenvalue weighted by Gasteiger charge is 2.20. The number of methoxy groups -OCH3 is 1. The lowest BCUT2D eigenvalue weighted by Gasteiger charge is -2.29. The molecule has 1 aliphatic rings. The number of piperidine rings is 1. The maximum Gasteiger partial charge on any atom is 0.118 e. The lowest BCUT2D eigenvalue weighted by molar-refractivity contribution is 0.260. The Hall–Kier alpha value is -1.02. The van der Waals surface area contributed by atoms with Crippen LogP contribution in [0, 0.1) is 11.8 Å². The molecule has 0 aromatic heterocycles. The Morgan fingerprint density at radius 2 is 2.06 bits per heavy atom. The van der Waals surface area contributed by atoms with Crippen molar-refractivity contribution in [1.29, 1.82) is 0 Å². The Labute approximate surface area is 104 Å². The van der Waals surface area contributed by atoms with E-state index in [9.17, 15) is 0 Å². The second kappa shape index (κ2) is 6.06. The van der Waals surface area contributed by atoms with Gasteiger partial charge in [-0.3, -0.25) is 0 Å². The van der Waals surface area contributed by atoms with Gasteiger partial charge in [0.25, 0.3) is 0 Å². The summed E-state index contributed by atoms with van der Waals surface area (Å²) in [4.78, 5) is 0. The summed E-state index contributed by atoms with van der Waals surface area (Å²) in [5.74, 6) is 2.65. The number of rotatable bonds is 4. The third-order valence-electron chi connectivity index (χ3n) is 3.95. The van der Waals surface area contributed by atoms with Crippen LogP contribution in [0.1, 0.15) is 25.3 Å². The lowest BCUT2D eigenvalue weighted by atomic mass is 9.84. The molecule has 0 spiro atoms. The van der Waals surface area contributed by atoms with E-state index in [0.717, 1.165) is 17.6 Å². The van der Waals surface area contributed by atoms with Gasteiger partial charge in [0.05, 0.1) is 7.11 Å². The van der Waals surface area contributed by atoms with Crippen molar-refractivity contribution in [2.45, 2.75) is 26.2 Å². The largest absolute Gasteiger partial charge is 0.497 e. The summed E-state index contributed by atoms with van der Waals surface area (Å²) in [6, 6.07) is 8.47.